The number of carbonyl (C=O) groups is 2. The molecule has 0 bridgehead atoms. The van der Waals surface area contributed by atoms with Crippen molar-refractivity contribution in [2.75, 3.05) is 6.61 Å². The number of fused-ring (bicyclic) bond motifs is 1. The van der Waals surface area contributed by atoms with Crippen molar-refractivity contribution in [2.24, 2.45) is 0 Å². The van der Waals surface area contributed by atoms with Gasteiger partial charge in [-0.15, -0.1) is 0 Å². The van der Waals surface area contributed by atoms with Crippen LogP contribution in [0.5, 0.6) is 0 Å². The maximum atomic E-state index is 13.1. The molecule has 0 saturated carbocycles. The van der Waals surface area contributed by atoms with Gasteiger partial charge in [-0.25, -0.2) is 4.79 Å². The molecule has 4 rings (SSSR count). The van der Waals surface area contributed by atoms with Gasteiger partial charge in [0.2, 0.25) is 0 Å². The van der Waals surface area contributed by atoms with Crippen LogP contribution in [0.25, 0.3) is 16.5 Å². The van der Waals surface area contributed by atoms with E-state index in [1.165, 1.54) is 0 Å². The van der Waals surface area contributed by atoms with Crippen molar-refractivity contribution in [1.82, 2.24) is 9.88 Å². The molecule has 1 atom stereocenters. The Morgan fingerprint density at radius 1 is 0.949 bits per heavy atom. The van der Waals surface area contributed by atoms with Crippen molar-refractivity contribution in [1.29, 1.82) is 0 Å². The van der Waals surface area contributed by atoms with Gasteiger partial charge in [0.05, 0.1) is 18.2 Å². The number of hydrogen-bond donors (Lipinski definition) is 1. The maximum absolute atomic E-state index is 13.1. The summed E-state index contributed by atoms with van der Waals surface area (Å²) in [6.07, 6.45) is 0. The molecule has 0 fully saturated rings. The molecule has 1 N–H and O–H groups in total. The number of esters is 1. The number of rotatable bonds is 9. The molecule has 5 nitrogen and oxygen atoms in total. The molecule has 0 aliphatic carbocycles. The lowest BCUT2D eigenvalue weighted by Gasteiger charge is -2.15. The molecule has 0 unspecified atom stereocenters. The minimum atomic E-state index is -0.339. The van der Waals surface area contributed by atoms with Crippen molar-refractivity contribution in [3.63, 3.8) is 0 Å². The summed E-state index contributed by atoms with van der Waals surface area (Å²) in [7, 11) is 0. The predicted molar refractivity (Wildman–Crippen MR) is 162 cm³/mol. The first-order valence-electron chi connectivity index (χ1n) is 12.9. The Morgan fingerprint density at radius 2 is 1.56 bits per heavy atom. The summed E-state index contributed by atoms with van der Waals surface area (Å²) in [6.45, 7) is 17.4. The van der Waals surface area contributed by atoms with E-state index in [1.54, 1.807) is 19.1 Å². The smallest absolute Gasteiger partial charge is 0.338 e. The van der Waals surface area contributed by atoms with Crippen LogP contribution in [-0.2, 0) is 11.3 Å². The second kappa shape index (κ2) is 11.9. The Labute approximate surface area is 238 Å². The van der Waals surface area contributed by atoms with Crippen LogP contribution in [-0.4, -0.2) is 23.1 Å². The molecule has 200 valence electrons. The van der Waals surface area contributed by atoms with Gasteiger partial charge >= 0.3 is 5.97 Å². The SMILES string of the molecule is C=C(Cn1c(C)c(C)c2cc(C(=O)N[C@@H](C)c3ccc(Br)cc3)ccc21)C(=C)c1ccc(C(=O)OCC)cc1. The van der Waals surface area contributed by atoms with Gasteiger partial charge in [0.1, 0.15) is 0 Å². The van der Waals surface area contributed by atoms with Crippen molar-refractivity contribution >= 4 is 44.3 Å². The van der Waals surface area contributed by atoms with E-state index >= 15 is 0 Å². The molecule has 0 aliphatic rings. The molecule has 39 heavy (non-hydrogen) atoms. The minimum Gasteiger partial charge on any atom is -0.462 e. The second-order valence-electron chi connectivity index (χ2n) is 9.66. The van der Waals surface area contributed by atoms with Crippen LogP contribution in [0.2, 0.25) is 0 Å². The average molecular weight is 586 g/mol. The third-order valence-corrected chi connectivity index (χ3v) is 7.67. The Kier molecular flexibility index (Phi) is 8.56. The Morgan fingerprint density at radius 3 is 2.21 bits per heavy atom. The topological polar surface area (TPSA) is 60.3 Å². The fraction of sp³-hybridized carbons (Fsp3) is 0.212. The number of aromatic nitrogens is 1. The zero-order valence-electron chi connectivity index (χ0n) is 22.8. The highest BCUT2D eigenvalue weighted by Crippen LogP contribution is 2.30. The van der Waals surface area contributed by atoms with E-state index in [0.29, 0.717) is 24.3 Å². The molecule has 6 heteroatoms. The van der Waals surface area contributed by atoms with E-state index in [-0.39, 0.29) is 17.9 Å². The number of nitrogens with one attached hydrogen (secondary N) is 1. The van der Waals surface area contributed by atoms with E-state index < -0.39 is 0 Å². The van der Waals surface area contributed by atoms with E-state index in [9.17, 15) is 9.59 Å². The van der Waals surface area contributed by atoms with Crippen molar-refractivity contribution in [2.45, 2.75) is 40.3 Å². The number of nitrogens with zero attached hydrogens (tertiary/aromatic N) is 1. The maximum Gasteiger partial charge on any atom is 0.338 e. The van der Waals surface area contributed by atoms with Crippen molar-refractivity contribution in [3.05, 3.63) is 123 Å². The fourth-order valence-corrected chi connectivity index (χ4v) is 4.89. The zero-order chi connectivity index (χ0) is 28.3. The number of allylic oxidation sites excluding steroid dienone is 2. The predicted octanol–water partition coefficient (Wildman–Crippen LogP) is 7.96. The monoisotopic (exact) mass is 584 g/mol. The molecule has 1 aromatic heterocycles. The van der Waals surface area contributed by atoms with Gasteiger partial charge in [0.15, 0.2) is 0 Å². The molecular weight excluding hydrogens is 552 g/mol. The quantitative estimate of drug-likeness (QED) is 0.160. The summed E-state index contributed by atoms with van der Waals surface area (Å²) in [5, 5.41) is 4.14. The third kappa shape index (κ3) is 6.07. The van der Waals surface area contributed by atoms with Crippen LogP contribution < -0.4 is 5.32 Å². The lowest BCUT2D eigenvalue weighted by atomic mass is 9.99. The molecule has 1 amide bonds. The number of halogens is 1. The summed E-state index contributed by atoms with van der Waals surface area (Å²) in [6, 6.07) is 20.9. The second-order valence-corrected chi connectivity index (χ2v) is 10.6. The number of carbonyl (C=O) groups excluding carboxylic acids is 2. The highest BCUT2D eigenvalue weighted by molar-refractivity contribution is 9.10. The van der Waals surface area contributed by atoms with Crippen LogP contribution >= 0.6 is 15.9 Å². The van der Waals surface area contributed by atoms with Crippen LogP contribution in [0, 0.1) is 13.8 Å². The van der Waals surface area contributed by atoms with Crippen molar-refractivity contribution in [3.8, 4) is 0 Å². The molecular formula is C33H33BrN2O3. The zero-order valence-corrected chi connectivity index (χ0v) is 24.4. The number of hydrogen-bond acceptors (Lipinski definition) is 3. The van der Waals surface area contributed by atoms with Gasteiger partial charge in [-0.05, 0) is 98.0 Å². The lowest BCUT2D eigenvalue weighted by Crippen LogP contribution is -2.26. The van der Waals surface area contributed by atoms with Crippen molar-refractivity contribution < 1.29 is 14.3 Å². The first-order chi connectivity index (χ1) is 18.6. The van der Waals surface area contributed by atoms with Crippen LogP contribution in [0.1, 0.15) is 63.0 Å². The summed E-state index contributed by atoms with van der Waals surface area (Å²) in [4.78, 5) is 25.1. The van der Waals surface area contributed by atoms with Gasteiger partial charge in [0, 0.05) is 33.2 Å². The first-order valence-corrected chi connectivity index (χ1v) is 13.7. The largest absolute Gasteiger partial charge is 0.462 e. The molecule has 1 heterocycles. The Balaban J connectivity index is 1.52. The highest BCUT2D eigenvalue weighted by Gasteiger charge is 2.17. The standard InChI is InChI=1S/C33H33BrN2O3/c1-7-39-33(38)27-10-8-25(9-11-27)21(3)20(2)19-36-24(6)22(4)30-18-28(14-17-31(30)36)32(37)35-23(5)26-12-15-29(34)16-13-26/h8-18,23H,2-3,7,19H2,1,4-6H3,(H,35,37)/t23-/m0/s1. The summed E-state index contributed by atoms with van der Waals surface area (Å²) in [5.74, 6) is -0.449. The number of aryl methyl sites for hydroxylation is 1. The normalized spacial score (nSPS) is 11.7. The highest BCUT2D eigenvalue weighted by atomic mass is 79.9. The van der Waals surface area contributed by atoms with Gasteiger partial charge < -0.3 is 14.6 Å². The molecule has 0 aliphatic heterocycles. The molecule has 0 spiro atoms. The summed E-state index contributed by atoms with van der Waals surface area (Å²) < 4.78 is 8.28. The minimum absolute atomic E-state index is 0.110. The lowest BCUT2D eigenvalue weighted by molar-refractivity contribution is 0.0526. The van der Waals surface area contributed by atoms with E-state index in [2.05, 4.69) is 52.8 Å². The Hall–Kier alpha value is -3.90. The summed E-state index contributed by atoms with van der Waals surface area (Å²) in [5.41, 5.74) is 8.01. The molecule has 0 radical (unpaired) electrons. The number of ether oxygens (including phenoxy) is 1. The van der Waals surface area contributed by atoms with E-state index in [1.807, 2.05) is 61.5 Å². The summed E-state index contributed by atoms with van der Waals surface area (Å²) >= 11 is 3.45. The Bertz CT molecular complexity index is 1560. The van der Waals surface area contributed by atoms with E-state index in [4.69, 9.17) is 4.74 Å². The third-order valence-electron chi connectivity index (χ3n) is 7.14. The van der Waals surface area contributed by atoms with Crippen LogP contribution in [0.15, 0.2) is 89.9 Å². The first kappa shape index (κ1) is 28.1. The molecule has 0 saturated heterocycles. The van der Waals surface area contributed by atoms with E-state index in [0.717, 1.165) is 48.9 Å². The molecule has 4 aromatic rings. The molecule has 3 aromatic carbocycles. The van der Waals surface area contributed by atoms with Gasteiger partial charge in [-0.3, -0.25) is 4.79 Å². The number of benzene rings is 3. The average Bonchev–Trinajstić information content (AvgIpc) is 3.17. The fourth-order valence-electron chi connectivity index (χ4n) is 4.62. The van der Waals surface area contributed by atoms with Gasteiger partial charge in [-0.2, -0.15) is 0 Å². The number of amides is 1. The van der Waals surface area contributed by atoms with Crippen LogP contribution in [0.4, 0.5) is 0 Å². The van der Waals surface area contributed by atoms with Gasteiger partial charge in [-0.1, -0.05) is 53.4 Å². The van der Waals surface area contributed by atoms with Crippen LogP contribution in [0.3, 0.4) is 0 Å². The van der Waals surface area contributed by atoms with Gasteiger partial charge in [0.25, 0.3) is 5.91 Å².